The van der Waals surface area contributed by atoms with Crippen LogP contribution in [-0.2, 0) is 0 Å². The van der Waals surface area contributed by atoms with Gasteiger partial charge in [-0.2, -0.15) is 0 Å². The van der Waals surface area contributed by atoms with Gasteiger partial charge in [-0.25, -0.2) is 0 Å². The third-order valence-corrected chi connectivity index (χ3v) is 12.4. The van der Waals surface area contributed by atoms with Crippen molar-refractivity contribution < 1.29 is 0 Å². The van der Waals surface area contributed by atoms with E-state index in [2.05, 4.69) is 167 Å². The highest BCUT2D eigenvalue weighted by atomic mass is 15.0. The molecular formula is C48H40N2. The Bertz CT molecular complexity index is 2810. The topological polar surface area (TPSA) is 9.86 Å². The smallest absolute Gasteiger partial charge is 0.0538 e. The van der Waals surface area contributed by atoms with E-state index < -0.39 is 0 Å². The van der Waals surface area contributed by atoms with Crippen molar-refractivity contribution in [3.63, 3.8) is 0 Å². The Balaban J connectivity index is 1.07. The Morgan fingerprint density at radius 1 is 0.560 bits per heavy atom. The molecule has 0 spiro atoms. The number of allylic oxidation sites excluding steroid dienone is 10. The molecule has 2 nitrogen and oxygen atoms in total. The average molecular weight is 645 g/mol. The van der Waals surface area contributed by atoms with Gasteiger partial charge in [0.15, 0.2) is 0 Å². The summed E-state index contributed by atoms with van der Waals surface area (Å²) in [6.45, 7) is 0. The van der Waals surface area contributed by atoms with Gasteiger partial charge in [0.25, 0.3) is 0 Å². The molecule has 6 atom stereocenters. The number of benzene rings is 3. The second-order valence-electron chi connectivity index (χ2n) is 15.0. The van der Waals surface area contributed by atoms with Crippen molar-refractivity contribution in [1.82, 2.24) is 9.13 Å². The van der Waals surface area contributed by atoms with Gasteiger partial charge < -0.3 is 9.13 Å². The second-order valence-corrected chi connectivity index (χ2v) is 15.0. The molecule has 5 aromatic rings. The molecule has 0 N–H and O–H groups in total. The standard InChI is InChI=1S/C48H40N2/c1-4-16-36-31(12-1)15-11-23-43(36)49-44-21-9-7-19-39(44)41-29-32(24-26-46(41)49)33-25-27-47-42(30-33)40-20-8-10-22-45(40)50(47)48-37-17-5-2-13-34(37)28-35-14-3-6-18-38(35)48/h2-11,13-23,26-34,36-37H,1,12,24-25H2. The number of aromatic nitrogens is 2. The summed E-state index contributed by atoms with van der Waals surface area (Å²) in [5.74, 6) is 2.61. The minimum absolute atomic E-state index is 0.312. The van der Waals surface area contributed by atoms with Crippen LogP contribution in [0.1, 0.15) is 25.7 Å². The maximum atomic E-state index is 2.63. The van der Waals surface area contributed by atoms with Crippen molar-refractivity contribution in [1.29, 1.82) is 0 Å². The first kappa shape index (κ1) is 28.5. The van der Waals surface area contributed by atoms with Gasteiger partial charge in [0.1, 0.15) is 0 Å². The second kappa shape index (κ2) is 11.1. The van der Waals surface area contributed by atoms with Gasteiger partial charge >= 0.3 is 0 Å². The van der Waals surface area contributed by atoms with E-state index in [0.29, 0.717) is 35.5 Å². The number of hydrogen-bond acceptors (Lipinski definition) is 0. The fourth-order valence-corrected chi connectivity index (χ4v) is 10.1. The van der Waals surface area contributed by atoms with E-state index in [4.69, 9.17) is 0 Å². The van der Waals surface area contributed by atoms with Crippen LogP contribution in [-0.4, -0.2) is 9.13 Å². The molecule has 242 valence electrons. The lowest BCUT2D eigenvalue weighted by molar-refractivity contribution is 0.491. The van der Waals surface area contributed by atoms with Crippen LogP contribution in [0.5, 0.6) is 0 Å². The van der Waals surface area contributed by atoms with Crippen molar-refractivity contribution in [3.8, 4) is 0 Å². The summed E-state index contributed by atoms with van der Waals surface area (Å²) in [7, 11) is 0. The molecule has 6 aliphatic carbocycles. The Morgan fingerprint density at radius 3 is 2.04 bits per heavy atom. The third kappa shape index (κ3) is 4.14. The molecule has 3 aromatic carbocycles. The van der Waals surface area contributed by atoms with E-state index in [-0.39, 0.29) is 0 Å². The van der Waals surface area contributed by atoms with Crippen LogP contribution in [0, 0.1) is 35.5 Å². The average Bonchev–Trinajstić information content (AvgIpc) is 3.68. The molecule has 2 aromatic heterocycles. The predicted molar refractivity (Wildman–Crippen MR) is 209 cm³/mol. The fourth-order valence-electron chi connectivity index (χ4n) is 10.1. The molecular weight excluding hydrogens is 605 g/mol. The summed E-state index contributed by atoms with van der Waals surface area (Å²) >= 11 is 0. The highest BCUT2D eigenvalue weighted by Crippen LogP contribution is 2.38. The Kier molecular flexibility index (Phi) is 6.32. The number of para-hydroxylation sites is 2. The molecule has 11 rings (SSSR count). The van der Waals surface area contributed by atoms with Gasteiger partial charge in [0.05, 0.1) is 11.0 Å². The van der Waals surface area contributed by atoms with Crippen molar-refractivity contribution in [2.75, 3.05) is 0 Å². The summed E-state index contributed by atoms with van der Waals surface area (Å²) in [6, 6.07) is 27.2. The zero-order valence-electron chi connectivity index (χ0n) is 28.2. The molecule has 2 heterocycles. The molecule has 6 unspecified atom stereocenters. The molecule has 0 bridgehead atoms. The van der Waals surface area contributed by atoms with Gasteiger partial charge in [-0.05, 0) is 66.9 Å². The molecule has 0 amide bonds. The van der Waals surface area contributed by atoms with Crippen molar-refractivity contribution in [2.45, 2.75) is 25.7 Å². The summed E-state index contributed by atoms with van der Waals surface area (Å²) < 4.78 is 5.21. The van der Waals surface area contributed by atoms with Gasteiger partial charge in [0, 0.05) is 66.3 Å². The minimum Gasteiger partial charge on any atom is -0.313 e. The first-order valence-electron chi connectivity index (χ1n) is 18.7. The molecule has 0 saturated carbocycles. The molecule has 6 aliphatic rings. The van der Waals surface area contributed by atoms with Crippen molar-refractivity contribution in [3.05, 3.63) is 159 Å². The van der Waals surface area contributed by atoms with Gasteiger partial charge in [-0.3, -0.25) is 0 Å². The SMILES string of the molecule is C1=CC2C=c3ccccc3=C(n3c4c(c5ccccc53)=CC(C3C=c5c(n(C6=CC=CC7CCC=CC67)c6ccccc56)=CC3)CC=4)C2C=C1. The lowest BCUT2D eigenvalue weighted by Crippen LogP contribution is -2.43. The predicted octanol–water partition coefficient (Wildman–Crippen LogP) is 6.26. The first-order chi connectivity index (χ1) is 24.8. The number of rotatable bonds is 3. The highest BCUT2D eigenvalue weighted by Gasteiger charge is 2.31. The van der Waals surface area contributed by atoms with Gasteiger partial charge in [-0.15, -0.1) is 0 Å². The van der Waals surface area contributed by atoms with Crippen LogP contribution in [0.3, 0.4) is 0 Å². The highest BCUT2D eigenvalue weighted by molar-refractivity contribution is 5.88. The summed E-state index contributed by atoms with van der Waals surface area (Å²) in [5, 5.41) is 11.0. The maximum Gasteiger partial charge on any atom is 0.0538 e. The van der Waals surface area contributed by atoms with Crippen LogP contribution in [0.15, 0.2) is 127 Å². The van der Waals surface area contributed by atoms with Crippen LogP contribution in [0.2, 0.25) is 0 Å². The number of hydrogen-bond donors (Lipinski definition) is 0. The molecule has 0 fully saturated rings. The van der Waals surface area contributed by atoms with E-state index in [0.717, 1.165) is 12.8 Å². The normalized spacial score (nSPS) is 27.0. The van der Waals surface area contributed by atoms with Crippen molar-refractivity contribution in [2.24, 2.45) is 35.5 Å². The van der Waals surface area contributed by atoms with Crippen LogP contribution in [0.4, 0.5) is 0 Å². The van der Waals surface area contributed by atoms with E-state index in [1.54, 1.807) is 0 Å². The quantitative estimate of drug-likeness (QED) is 0.205. The monoisotopic (exact) mass is 644 g/mol. The Hall–Kier alpha value is -5.34. The zero-order valence-corrected chi connectivity index (χ0v) is 28.2. The summed E-state index contributed by atoms with van der Waals surface area (Å²) in [4.78, 5) is 0. The Morgan fingerprint density at radius 2 is 1.24 bits per heavy atom. The lowest BCUT2D eigenvalue weighted by Gasteiger charge is -2.31. The molecule has 50 heavy (non-hydrogen) atoms. The van der Waals surface area contributed by atoms with Gasteiger partial charge in [0.2, 0.25) is 0 Å². The van der Waals surface area contributed by atoms with E-state index in [1.165, 1.54) is 77.6 Å². The number of fused-ring (bicyclic) bond motifs is 9. The summed E-state index contributed by atoms with van der Waals surface area (Å²) in [5.41, 5.74) is 5.48. The van der Waals surface area contributed by atoms with Crippen LogP contribution < -0.4 is 31.6 Å². The third-order valence-electron chi connectivity index (χ3n) is 12.4. The molecule has 0 aliphatic heterocycles. The van der Waals surface area contributed by atoms with E-state index in [9.17, 15) is 0 Å². The zero-order chi connectivity index (χ0) is 32.8. The van der Waals surface area contributed by atoms with Crippen LogP contribution >= 0.6 is 0 Å². The number of nitrogens with zero attached hydrogens (tertiary/aromatic N) is 2. The van der Waals surface area contributed by atoms with E-state index in [1.807, 2.05) is 0 Å². The molecule has 0 saturated heterocycles. The fraction of sp³-hybridized carbons (Fsp3) is 0.208. The van der Waals surface area contributed by atoms with Gasteiger partial charge in [-0.1, -0.05) is 140 Å². The largest absolute Gasteiger partial charge is 0.313 e. The molecule has 0 radical (unpaired) electrons. The minimum atomic E-state index is 0.312. The maximum absolute atomic E-state index is 2.63. The molecule has 2 heteroatoms. The summed E-state index contributed by atoms with van der Waals surface area (Å²) in [6.07, 6.45) is 38.5. The van der Waals surface area contributed by atoms with E-state index >= 15 is 0 Å². The van der Waals surface area contributed by atoms with Crippen LogP contribution in [0.25, 0.3) is 63.6 Å². The first-order valence-corrected chi connectivity index (χ1v) is 18.7. The lowest BCUT2D eigenvalue weighted by atomic mass is 9.79. The Labute approximate surface area is 292 Å². The van der Waals surface area contributed by atoms with Crippen molar-refractivity contribution >= 4 is 63.6 Å².